The lowest BCUT2D eigenvalue weighted by Gasteiger charge is -1.95. The van der Waals surface area contributed by atoms with E-state index in [2.05, 4.69) is 24.0 Å². The SMILES string of the molecule is Cc1cc2nn(CCO)nc2cc1C. The molecular weight excluding hydrogens is 178 g/mol. The molecule has 0 atom stereocenters. The highest BCUT2D eigenvalue weighted by Crippen LogP contribution is 2.15. The Morgan fingerprint density at radius 3 is 2.07 bits per heavy atom. The first-order valence-electron chi connectivity index (χ1n) is 4.63. The Balaban J connectivity index is 2.54. The van der Waals surface area contributed by atoms with Crippen LogP contribution in [0.15, 0.2) is 12.1 Å². The highest BCUT2D eigenvalue weighted by molar-refractivity contribution is 5.75. The van der Waals surface area contributed by atoms with Crippen molar-refractivity contribution in [2.45, 2.75) is 20.4 Å². The average Bonchev–Trinajstić information content (AvgIpc) is 2.48. The summed E-state index contributed by atoms with van der Waals surface area (Å²) in [4.78, 5) is 1.53. The molecule has 1 heterocycles. The number of aliphatic hydroxyl groups excluding tert-OH is 1. The van der Waals surface area contributed by atoms with Crippen LogP contribution in [0.1, 0.15) is 11.1 Å². The lowest BCUT2D eigenvalue weighted by atomic mass is 10.1. The summed E-state index contributed by atoms with van der Waals surface area (Å²) in [6, 6.07) is 4.04. The molecule has 0 fully saturated rings. The maximum atomic E-state index is 8.75. The fourth-order valence-electron chi connectivity index (χ4n) is 1.41. The second kappa shape index (κ2) is 3.38. The lowest BCUT2D eigenvalue weighted by Crippen LogP contribution is -2.05. The monoisotopic (exact) mass is 191 g/mol. The molecule has 0 aliphatic carbocycles. The molecule has 1 aromatic carbocycles. The van der Waals surface area contributed by atoms with Crippen molar-refractivity contribution in [3.05, 3.63) is 23.3 Å². The largest absolute Gasteiger partial charge is 0.394 e. The van der Waals surface area contributed by atoms with E-state index in [1.807, 2.05) is 12.1 Å². The van der Waals surface area contributed by atoms with Gasteiger partial charge in [0.25, 0.3) is 0 Å². The van der Waals surface area contributed by atoms with Crippen molar-refractivity contribution in [1.29, 1.82) is 0 Å². The molecule has 0 unspecified atom stereocenters. The molecule has 14 heavy (non-hydrogen) atoms. The van der Waals surface area contributed by atoms with Gasteiger partial charge in [-0.1, -0.05) is 0 Å². The number of hydrogen-bond acceptors (Lipinski definition) is 3. The van der Waals surface area contributed by atoms with Crippen LogP contribution in [0.4, 0.5) is 0 Å². The van der Waals surface area contributed by atoms with Crippen LogP contribution in [0.5, 0.6) is 0 Å². The third kappa shape index (κ3) is 1.48. The number of rotatable bonds is 2. The van der Waals surface area contributed by atoms with Gasteiger partial charge in [0.2, 0.25) is 0 Å². The van der Waals surface area contributed by atoms with E-state index < -0.39 is 0 Å². The van der Waals surface area contributed by atoms with E-state index in [4.69, 9.17) is 5.11 Å². The van der Waals surface area contributed by atoms with Gasteiger partial charge in [0, 0.05) is 0 Å². The first-order valence-corrected chi connectivity index (χ1v) is 4.63. The maximum Gasteiger partial charge on any atom is 0.113 e. The molecule has 1 aromatic heterocycles. The zero-order valence-corrected chi connectivity index (χ0v) is 8.36. The molecule has 0 saturated carbocycles. The summed E-state index contributed by atoms with van der Waals surface area (Å²) >= 11 is 0. The maximum absolute atomic E-state index is 8.75. The number of aryl methyl sites for hydroxylation is 2. The van der Waals surface area contributed by atoms with Crippen LogP contribution < -0.4 is 0 Å². The molecule has 0 radical (unpaired) electrons. The molecule has 4 heteroatoms. The van der Waals surface area contributed by atoms with Crippen LogP contribution in [0.2, 0.25) is 0 Å². The molecule has 0 amide bonds. The minimum absolute atomic E-state index is 0.0684. The molecule has 0 spiro atoms. The highest BCUT2D eigenvalue weighted by atomic mass is 16.3. The Morgan fingerprint density at radius 1 is 1.14 bits per heavy atom. The van der Waals surface area contributed by atoms with Crippen LogP contribution in [-0.4, -0.2) is 26.7 Å². The molecule has 0 aliphatic heterocycles. The van der Waals surface area contributed by atoms with Gasteiger partial charge in [-0.3, -0.25) is 0 Å². The van der Waals surface area contributed by atoms with E-state index in [0.29, 0.717) is 6.54 Å². The van der Waals surface area contributed by atoms with Crippen molar-refractivity contribution >= 4 is 11.0 Å². The molecule has 2 rings (SSSR count). The van der Waals surface area contributed by atoms with Gasteiger partial charge >= 0.3 is 0 Å². The normalized spacial score (nSPS) is 11.1. The standard InChI is InChI=1S/C10H13N3O/c1-7-5-9-10(6-8(7)2)12-13(11-9)3-4-14/h5-6,14H,3-4H2,1-2H3. The quantitative estimate of drug-likeness (QED) is 0.771. The second-order valence-electron chi connectivity index (χ2n) is 3.44. The molecule has 0 bridgehead atoms. The molecule has 1 N–H and O–H groups in total. The Morgan fingerprint density at radius 2 is 1.64 bits per heavy atom. The Labute approximate surface area is 82.2 Å². The third-order valence-electron chi connectivity index (χ3n) is 2.34. The van der Waals surface area contributed by atoms with Gasteiger partial charge in [0.1, 0.15) is 11.0 Å². The smallest absolute Gasteiger partial charge is 0.113 e. The Kier molecular flexibility index (Phi) is 2.21. The Bertz CT molecular complexity index is 423. The average molecular weight is 191 g/mol. The van der Waals surface area contributed by atoms with E-state index in [9.17, 15) is 0 Å². The first kappa shape index (κ1) is 9.15. The van der Waals surface area contributed by atoms with E-state index in [1.165, 1.54) is 15.9 Å². The van der Waals surface area contributed by atoms with Crippen molar-refractivity contribution in [1.82, 2.24) is 15.0 Å². The molecule has 4 nitrogen and oxygen atoms in total. The zero-order valence-electron chi connectivity index (χ0n) is 8.36. The van der Waals surface area contributed by atoms with Crippen molar-refractivity contribution < 1.29 is 5.11 Å². The minimum Gasteiger partial charge on any atom is -0.394 e. The lowest BCUT2D eigenvalue weighted by molar-refractivity contribution is 0.261. The van der Waals surface area contributed by atoms with Crippen LogP contribution in [0, 0.1) is 13.8 Å². The summed E-state index contributed by atoms with van der Waals surface area (Å²) in [7, 11) is 0. The van der Waals surface area contributed by atoms with Gasteiger partial charge < -0.3 is 5.11 Å². The van der Waals surface area contributed by atoms with Crippen molar-refractivity contribution in [2.24, 2.45) is 0 Å². The summed E-state index contributed by atoms with van der Waals surface area (Å²) in [5, 5.41) is 17.3. The number of fused-ring (bicyclic) bond motifs is 1. The number of nitrogens with zero attached hydrogens (tertiary/aromatic N) is 3. The molecule has 2 aromatic rings. The van der Waals surface area contributed by atoms with Gasteiger partial charge in [-0.25, -0.2) is 0 Å². The molecule has 74 valence electrons. The molecule has 0 aliphatic rings. The Hall–Kier alpha value is -1.42. The van der Waals surface area contributed by atoms with Gasteiger partial charge in [0.05, 0.1) is 13.2 Å². The number of aromatic nitrogens is 3. The summed E-state index contributed by atoms with van der Waals surface area (Å²) < 4.78 is 0. The number of aliphatic hydroxyl groups is 1. The fraction of sp³-hybridized carbons (Fsp3) is 0.400. The third-order valence-corrected chi connectivity index (χ3v) is 2.34. The number of hydrogen-bond donors (Lipinski definition) is 1. The van der Waals surface area contributed by atoms with Crippen LogP contribution in [-0.2, 0) is 6.54 Å². The van der Waals surface area contributed by atoms with Gasteiger partial charge in [0.15, 0.2) is 0 Å². The van der Waals surface area contributed by atoms with E-state index in [1.54, 1.807) is 0 Å². The van der Waals surface area contributed by atoms with Gasteiger partial charge in [-0.2, -0.15) is 15.0 Å². The van der Waals surface area contributed by atoms with Crippen molar-refractivity contribution in [3.8, 4) is 0 Å². The fourth-order valence-corrected chi connectivity index (χ4v) is 1.41. The summed E-state index contributed by atoms with van der Waals surface area (Å²) in [6.45, 7) is 4.63. The van der Waals surface area contributed by atoms with Gasteiger partial charge in [-0.15, -0.1) is 0 Å². The first-order chi connectivity index (χ1) is 6.70. The van der Waals surface area contributed by atoms with Crippen LogP contribution >= 0.6 is 0 Å². The van der Waals surface area contributed by atoms with Crippen molar-refractivity contribution in [2.75, 3.05) is 6.61 Å². The van der Waals surface area contributed by atoms with Crippen LogP contribution in [0.25, 0.3) is 11.0 Å². The zero-order chi connectivity index (χ0) is 10.1. The predicted octanol–water partition coefficient (Wildman–Crippen LogP) is 1.04. The van der Waals surface area contributed by atoms with E-state index in [-0.39, 0.29) is 6.61 Å². The van der Waals surface area contributed by atoms with E-state index >= 15 is 0 Å². The van der Waals surface area contributed by atoms with Gasteiger partial charge in [-0.05, 0) is 37.1 Å². The van der Waals surface area contributed by atoms with Crippen molar-refractivity contribution in [3.63, 3.8) is 0 Å². The highest BCUT2D eigenvalue weighted by Gasteiger charge is 2.03. The summed E-state index contributed by atoms with van der Waals surface area (Å²) in [5.41, 5.74) is 4.21. The number of benzene rings is 1. The topological polar surface area (TPSA) is 50.9 Å². The predicted molar refractivity (Wildman–Crippen MR) is 54.1 cm³/mol. The van der Waals surface area contributed by atoms with Crippen LogP contribution in [0.3, 0.4) is 0 Å². The summed E-state index contributed by atoms with van der Waals surface area (Å²) in [6.07, 6.45) is 0. The second-order valence-corrected chi connectivity index (χ2v) is 3.44. The molecule has 0 saturated heterocycles. The summed E-state index contributed by atoms with van der Waals surface area (Å²) in [5.74, 6) is 0. The van der Waals surface area contributed by atoms with E-state index in [0.717, 1.165) is 11.0 Å². The molecular formula is C10H13N3O. The minimum atomic E-state index is 0.0684.